The molecule has 26 heavy (non-hydrogen) atoms. The summed E-state index contributed by atoms with van der Waals surface area (Å²) in [5.41, 5.74) is 7.53. The quantitative estimate of drug-likeness (QED) is 0.872. The number of nitrogens with two attached hydrogens (primary N) is 1. The average Bonchev–Trinajstić information content (AvgIpc) is 2.62. The van der Waals surface area contributed by atoms with Crippen molar-refractivity contribution in [3.05, 3.63) is 46.6 Å². The number of Topliss-reactive ketones (excluding diaryl/α,β-unsaturated/α-hetero) is 1. The van der Waals surface area contributed by atoms with Gasteiger partial charge in [-0.05, 0) is 38.0 Å². The van der Waals surface area contributed by atoms with Crippen LogP contribution < -0.4 is 15.2 Å². The first kappa shape index (κ1) is 17.9. The Hall–Kier alpha value is -2.94. The number of nitrogens with zero attached hydrogens (tertiary/aromatic N) is 1. The van der Waals surface area contributed by atoms with Gasteiger partial charge in [-0.2, -0.15) is 5.26 Å². The molecule has 0 radical (unpaired) electrons. The van der Waals surface area contributed by atoms with E-state index in [1.165, 1.54) is 0 Å². The van der Waals surface area contributed by atoms with E-state index >= 15 is 0 Å². The smallest absolute Gasteiger partial charge is 0.205 e. The van der Waals surface area contributed by atoms with Crippen LogP contribution in [0.1, 0.15) is 44.6 Å². The van der Waals surface area contributed by atoms with Gasteiger partial charge in [0.2, 0.25) is 5.88 Å². The van der Waals surface area contributed by atoms with Gasteiger partial charge in [0, 0.05) is 18.4 Å². The number of benzene rings is 1. The molecule has 1 aromatic rings. The summed E-state index contributed by atoms with van der Waals surface area (Å²) < 4.78 is 16.9. The van der Waals surface area contributed by atoms with Crippen LogP contribution in [0, 0.1) is 11.3 Å². The third-order valence-corrected chi connectivity index (χ3v) is 4.51. The lowest BCUT2D eigenvalue weighted by Gasteiger charge is -2.31. The molecule has 3 rings (SSSR count). The van der Waals surface area contributed by atoms with Gasteiger partial charge in [0.1, 0.15) is 17.4 Å². The maximum absolute atomic E-state index is 12.6. The number of carbonyl (C=O) groups excluding carboxylic acids is 1. The van der Waals surface area contributed by atoms with E-state index in [-0.39, 0.29) is 17.2 Å². The Bertz CT molecular complexity index is 833. The topological polar surface area (TPSA) is 94.6 Å². The Balaban J connectivity index is 2.13. The van der Waals surface area contributed by atoms with E-state index in [9.17, 15) is 10.1 Å². The lowest BCUT2D eigenvalue weighted by molar-refractivity contribution is -0.116. The van der Waals surface area contributed by atoms with Crippen LogP contribution in [0.4, 0.5) is 0 Å². The van der Waals surface area contributed by atoms with Crippen molar-refractivity contribution in [1.29, 1.82) is 5.26 Å². The highest BCUT2D eigenvalue weighted by atomic mass is 16.5. The molecular weight excluding hydrogens is 332 g/mol. The molecule has 1 aliphatic carbocycles. The molecule has 6 heteroatoms. The molecule has 2 N–H and O–H groups in total. The number of allylic oxidation sites excluding steroid dienone is 3. The molecule has 0 aromatic heterocycles. The van der Waals surface area contributed by atoms with Crippen molar-refractivity contribution in [2.24, 2.45) is 5.73 Å². The summed E-state index contributed by atoms with van der Waals surface area (Å²) in [6, 6.07) is 7.59. The fraction of sp³-hybridized carbons (Fsp3) is 0.400. The summed E-state index contributed by atoms with van der Waals surface area (Å²) in [7, 11) is 0. The minimum Gasteiger partial charge on any atom is -0.490 e. The highest BCUT2D eigenvalue weighted by molar-refractivity contribution is 5.99. The summed E-state index contributed by atoms with van der Waals surface area (Å²) in [5.74, 6) is 1.33. The van der Waals surface area contributed by atoms with E-state index in [1.54, 1.807) is 6.07 Å². The minimum atomic E-state index is -0.536. The molecule has 1 aromatic carbocycles. The van der Waals surface area contributed by atoms with Crippen LogP contribution in [0.2, 0.25) is 0 Å². The zero-order valence-corrected chi connectivity index (χ0v) is 15.0. The Morgan fingerprint density at radius 2 is 1.96 bits per heavy atom. The number of hydrogen-bond donors (Lipinski definition) is 1. The number of nitriles is 1. The van der Waals surface area contributed by atoms with Crippen LogP contribution in [0.3, 0.4) is 0 Å². The molecule has 0 amide bonds. The Morgan fingerprint density at radius 3 is 2.65 bits per heavy atom. The average molecular weight is 354 g/mol. The van der Waals surface area contributed by atoms with Crippen molar-refractivity contribution in [2.45, 2.75) is 39.0 Å². The van der Waals surface area contributed by atoms with Gasteiger partial charge in [0.15, 0.2) is 17.3 Å². The predicted molar refractivity (Wildman–Crippen MR) is 95.3 cm³/mol. The van der Waals surface area contributed by atoms with Gasteiger partial charge in [-0.1, -0.05) is 6.07 Å². The van der Waals surface area contributed by atoms with Crippen molar-refractivity contribution in [1.82, 2.24) is 0 Å². The van der Waals surface area contributed by atoms with E-state index in [2.05, 4.69) is 6.07 Å². The molecule has 2 aliphatic rings. The highest BCUT2D eigenvalue weighted by Gasteiger charge is 2.38. The normalized spacial score (nSPS) is 19.6. The maximum atomic E-state index is 12.6. The zero-order chi connectivity index (χ0) is 18.7. The van der Waals surface area contributed by atoms with Crippen LogP contribution in [0.5, 0.6) is 11.5 Å². The first-order chi connectivity index (χ1) is 12.6. The zero-order valence-electron chi connectivity index (χ0n) is 15.0. The molecule has 1 heterocycles. The molecule has 0 unspecified atom stereocenters. The van der Waals surface area contributed by atoms with E-state index in [4.69, 9.17) is 19.9 Å². The van der Waals surface area contributed by atoms with Crippen molar-refractivity contribution in [3.63, 3.8) is 0 Å². The van der Waals surface area contributed by atoms with Gasteiger partial charge in [-0.3, -0.25) is 4.79 Å². The minimum absolute atomic E-state index is 0.00310. The number of rotatable bonds is 5. The Kier molecular flexibility index (Phi) is 5.17. The van der Waals surface area contributed by atoms with Crippen LogP contribution >= 0.6 is 0 Å². The standard InChI is InChI=1S/C20H22N2O4/c1-3-24-15-9-8-12(10-17(15)25-4-2)18-13(11-21)20(22)26-16-7-5-6-14(23)19(16)18/h8-10,18H,3-7,22H2,1-2H3/t18-/m0/s1. The molecule has 0 spiro atoms. The molecule has 0 saturated carbocycles. The first-order valence-electron chi connectivity index (χ1n) is 8.84. The van der Waals surface area contributed by atoms with E-state index < -0.39 is 5.92 Å². The number of ketones is 1. The van der Waals surface area contributed by atoms with Crippen molar-refractivity contribution >= 4 is 5.78 Å². The van der Waals surface area contributed by atoms with Gasteiger partial charge in [-0.15, -0.1) is 0 Å². The van der Waals surface area contributed by atoms with E-state index in [0.717, 1.165) is 12.0 Å². The second-order valence-electron chi connectivity index (χ2n) is 6.11. The third-order valence-electron chi connectivity index (χ3n) is 4.51. The number of hydrogen-bond acceptors (Lipinski definition) is 6. The van der Waals surface area contributed by atoms with Crippen molar-refractivity contribution in [2.75, 3.05) is 13.2 Å². The highest BCUT2D eigenvalue weighted by Crippen LogP contribution is 2.45. The molecule has 1 atom stereocenters. The SMILES string of the molecule is CCOc1ccc([C@H]2C(C#N)=C(N)OC3=C2C(=O)CCC3)cc1OCC. The number of carbonyl (C=O) groups is 1. The van der Waals surface area contributed by atoms with Gasteiger partial charge in [0.05, 0.1) is 19.1 Å². The summed E-state index contributed by atoms with van der Waals surface area (Å²) in [6.45, 7) is 4.78. The third kappa shape index (κ3) is 3.13. The summed E-state index contributed by atoms with van der Waals surface area (Å²) >= 11 is 0. The Labute approximate surface area is 152 Å². The Morgan fingerprint density at radius 1 is 1.23 bits per heavy atom. The van der Waals surface area contributed by atoms with Crippen LogP contribution in [0.25, 0.3) is 0 Å². The largest absolute Gasteiger partial charge is 0.490 e. The monoisotopic (exact) mass is 354 g/mol. The van der Waals surface area contributed by atoms with E-state index in [0.29, 0.717) is 48.9 Å². The summed E-state index contributed by atoms with van der Waals surface area (Å²) in [4.78, 5) is 12.6. The molecule has 6 nitrogen and oxygen atoms in total. The predicted octanol–water partition coefficient (Wildman–Crippen LogP) is 3.30. The van der Waals surface area contributed by atoms with Crippen molar-refractivity contribution in [3.8, 4) is 17.6 Å². The fourth-order valence-corrected chi connectivity index (χ4v) is 3.44. The molecule has 0 saturated heterocycles. The molecule has 1 aliphatic heterocycles. The lowest BCUT2D eigenvalue weighted by atomic mass is 9.77. The van der Waals surface area contributed by atoms with Gasteiger partial charge < -0.3 is 19.9 Å². The second kappa shape index (κ2) is 7.52. The van der Waals surface area contributed by atoms with Gasteiger partial charge >= 0.3 is 0 Å². The van der Waals surface area contributed by atoms with Gasteiger partial charge in [-0.25, -0.2) is 0 Å². The molecular formula is C20H22N2O4. The fourth-order valence-electron chi connectivity index (χ4n) is 3.44. The number of ether oxygens (including phenoxy) is 3. The second-order valence-corrected chi connectivity index (χ2v) is 6.11. The van der Waals surface area contributed by atoms with Crippen LogP contribution in [0.15, 0.2) is 41.0 Å². The molecule has 0 fully saturated rings. The van der Waals surface area contributed by atoms with Crippen LogP contribution in [-0.4, -0.2) is 19.0 Å². The molecule has 0 bridgehead atoms. The van der Waals surface area contributed by atoms with Crippen LogP contribution in [-0.2, 0) is 9.53 Å². The van der Waals surface area contributed by atoms with Gasteiger partial charge in [0.25, 0.3) is 0 Å². The first-order valence-corrected chi connectivity index (χ1v) is 8.84. The summed E-state index contributed by atoms with van der Waals surface area (Å²) in [5, 5.41) is 9.62. The lowest BCUT2D eigenvalue weighted by Crippen LogP contribution is -2.27. The van der Waals surface area contributed by atoms with Crippen molar-refractivity contribution < 1.29 is 19.0 Å². The summed E-state index contributed by atoms with van der Waals surface area (Å²) in [6.07, 6.45) is 1.83. The molecule has 136 valence electrons. The van der Waals surface area contributed by atoms with E-state index in [1.807, 2.05) is 26.0 Å². The maximum Gasteiger partial charge on any atom is 0.205 e.